The number of anilines is 3. The summed E-state index contributed by atoms with van der Waals surface area (Å²) in [6.07, 6.45) is 0. The molecule has 1 unspecified atom stereocenters. The number of thiophene rings is 1. The third-order valence-corrected chi connectivity index (χ3v) is 4.90. The van der Waals surface area contributed by atoms with Crippen molar-refractivity contribution in [1.82, 2.24) is 0 Å². The van der Waals surface area contributed by atoms with E-state index in [-0.39, 0.29) is 11.8 Å². The van der Waals surface area contributed by atoms with Gasteiger partial charge in [-0.1, -0.05) is 17.7 Å². The molecule has 5 nitrogen and oxygen atoms in total. The monoisotopic (exact) mass is 399 g/mol. The van der Waals surface area contributed by atoms with Crippen LogP contribution in [-0.2, 0) is 4.79 Å². The standard InChI is InChI=1S/C20H18ClN3O2S/c1-13(19(25)23-16-6-4-14(21)5-7-16)22-15-8-10-17(11-9-15)24-20(26)18-3-2-12-27-18/h2-13,22H,1H3,(H,23,25)(H,24,26). The van der Waals surface area contributed by atoms with Gasteiger partial charge in [0.1, 0.15) is 6.04 Å². The lowest BCUT2D eigenvalue weighted by atomic mass is 10.2. The smallest absolute Gasteiger partial charge is 0.265 e. The highest BCUT2D eigenvalue weighted by molar-refractivity contribution is 7.12. The van der Waals surface area contributed by atoms with Crippen molar-refractivity contribution in [2.24, 2.45) is 0 Å². The van der Waals surface area contributed by atoms with Crippen LogP contribution in [0.5, 0.6) is 0 Å². The minimum Gasteiger partial charge on any atom is -0.374 e. The van der Waals surface area contributed by atoms with Gasteiger partial charge in [0.2, 0.25) is 5.91 Å². The van der Waals surface area contributed by atoms with Crippen LogP contribution in [0.25, 0.3) is 0 Å². The highest BCUT2D eigenvalue weighted by Crippen LogP contribution is 2.18. The van der Waals surface area contributed by atoms with Crippen LogP contribution in [0.3, 0.4) is 0 Å². The van der Waals surface area contributed by atoms with Crippen molar-refractivity contribution in [2.45, 2.75) is 13.0 Å². The molecule has 2 amide bonds. The number of carbonyl (C=O) groups excluding carboxylic acids is 2. The fourth-order valence-electron chi connectivity index (χ4n) is 2.35. The number of halogens is 1. The van der Waals surface area contributed by atoms with Gasteiger partial charge in [-0.2, -0.15) is 0 Å². The summed E-state index contributed by atoms with van der Waals surface area (Å²) >= 11 is 7.23. The normalized spacial score (nSPS) is 11.5. The number of rotatable bonds is 6. The van der Waals surface area contributed by atoms with Crippen molar-refractivity contribution in [3.8, 4) is 0 Å². The Bertz CT molecular complexity index is 909. The second-order valence-corrected chi connectivity index (χ2v) is 7.26. The van der Waals surface area contributed by atoms with Crippen LogP contribution < -0.4 is 16.0 Å². The molecule has 1 atom stereocenters. The highest BCUT2D eigenvalue weighted by Gasteiger charge is 2.13. The van der Waals surface area contributed by atoms with Crippen LogP contribution in [0.15, 0.2) is 66.0 Å². The maximum absolute atomic E-state index is 12.3. The maximum atomic E-state index is 12.3. The van der Waals surface area contributed by atoms with Gasteiger partial charge in [0, 0.05) is 22.1 Å². The molecule has 0 aliphatic heterocycles. The summed E-state index contributed by atoms with van der Waals surface area (Å²) < 4.78 is 0. The molecule has 0 radical (unpaired) electrons. The lowest BCUT2D eigenvalue weighted by Crippen LogP contribution is -2.31. The first-order valence-corrected chi connectivity index (χ1v) is 9.55. The van der Waals surface area contributed by atoms with E-state index < -0.39 is 6.04 Å². The lowest BCUT2D eigenvalue weighted by Gasteiger charge is -2.16. The van der Waals surface area contributed by atoms with E-state index in [1.807, 2.05) is 23.6 Å². The number of hydrogen-bond acceptors (Lipinski definition) is 4. The van der Waals surface area contributed by atoms with Gasteiger partial charge < -0.3 is 16.0 Å². The van der Waals surface area contributed by atoms with E-state index in [1.54, 1.807) is 49.4 Å². The lowest BCUT2D eigenvalue weighted by molar-refractivity contribution is -0.116. The molecule has 0 fully saturated rings. The van der Waals surface area contributed by atoms with E-state index in [0.717, 1.165) is 5.69 Å². The van der Waals surface area contributed by atoms with Crippen LogP contribution in [0.1, 0.15) is 16.6 Å². The average Bonchev–Trinajstić information content (AvgIpc) is 3.20. The van der Waals surface area contributed by atoms with Gasteiger partial charge >= 0.3 is 0 Å². The Hall–Kier alpha value is -2.83. The second-order valence-electron chi connectivity index (χ2n) is 5.87. The molecule has 0 spiro atoms. The highest BCUT2D eigenvalue weighted by atomic mass is 35.5. The van der Waals surface area contributed by atoms with Crippen LogP contribution in [0, 0.1) is 0 Å². The Labute approximate surface area is 166 Å². The quantitative estimate of drug-likeness (QED) is 0.540. The van der Waals surface area contributed by atoms with Crippen molar-refractivity contribution in [3.63, 3.8) is 0 Å². The largest absolute Gasteiger partial charge is 0.374 e. The van der Waals surface area contributed by atoms with Gasteiger partial charge in [-0.15, -0.1) is 11.3 Å². The molecule has 0 aliphatic carbocycles. The molecular formula is C20H18ClN3O2S. The van der Waals surface area contributed by atoms with Gasteiger partial charge in [0.05, 0.1) is 4.88 Å². The van der Waals surface area contributed by atoms with E-state index in [2.05, 4.69) is 16.0 Å². The van der Waals surface area contributed by atoms with E-state index >= 15 is 0 Å². The topological polar surface area (TPSA) is 70.2 Å². The van der Waals surface area contributed by atoms with Gasteiger partial charge in [-0.25, -0.2) is 0 Å². The minimum absolute atomic E-state index is 0.138. The molecule has 3 rings (SSSR count). The minimum atomic E-state index is -0.438. The zero-order valence-electron chi connectivity index (χ0n) is 14.5. The van der Waals surface area contributed by atoms with Crippen LogP contribution in [-0.4, -0.2) is 17.9 Å². The number of amides is 2. The van der Waals surface area contributed by atoms with E-state index in [4.69, 9.17) is 11.6 Å². The summed E-state index contributed by atoms with van der Waals surface area (Å²) in [5.41, 5.74) is 2.16. The summed E-state index contributed by atoms with van der Waals surface area (Å²) in [5.74, 6) is -0.297. The molecule has 1 aromatic heterocycles. The maximum Gasteiger partial charge on any atom is 0.265 e. The second kappa shape index (κ2) is 8.70. The summed E-state index contributed by atoms with van der Waals surface area (Å²) in [6, 6.07) is 17.3. The third-order valence-electron chi connectivity index (χ3n) is 3.78. The summed E-state index contributed by atoms with van der Waals surface area (Å²) in [6.45, 7) is 1.78. The third kappa shape index (κ3) is 5.32. The number of carbonyl (C=O) groups is 2. The van der Waals surface area contributed by atoms with Gasteiger partial charge in [-0.05, 0) is 66.9 Å². The van der Waals surface area contributed by atoms with E-state index in [0.29, 0.717) is 21.3 Å². The molecule has 27 heavy (non-hydrogen) atoms. The molecule has 2 aromatic carbocycles. The number of hydrogen-bond donors (Lipinski definition) is 3. The summed E-state index contributed by atoms with van der Waals surface area (Å²) in [7, 11) is 0. The zero-order valence-corrected chi connectivity index (χ0v) is 16.1. The molecule has 1 heterocycles. The Kier molecular flexibility index (Phi) is 6.11. The van der Waals surface area contributed by atoms with Crippen molar-refractivity contribution in [1.29, 1.82) is 0 Å². The van der Waals surface area contributed by atoms with Crippen molar-refractivity contribution in [3.05, 3.63) is 75.9 Å². The fourth-order valence-corrected chi connectivity index (χ4v) is 3.09. The SMILES string of the molecule is CC(Nc1ccc(NC(=O)c2cccs2)cc1)C(=O)Nc1ccc(Cl)cc1. The number of benzene rings is 2. The molecule has 0 aliphatic rings. The van der Waals surface area contributed by atoms with E-state index in [1.165, 1.54) is 11.3 Å². The molecule has 0 bridgehead atoms. The predicted molar refractivity (Wildman–Crippen MR) is 112 cm³/mol. The Balaban J connectivity index is 1.54. The van der Waals surface area contributed by atoms with Crippen LogP contribution >= 0.6 is 22.9 Å². The van der Waals surface area contributed by atoms with Gasteiger partial charge in [0.15, 0.2) is 0 Å². The average molecular weight is 400 g/mol. The Morgan fingerprint density at radius 1 is 0.889 bits per heavy atom. The molecule has 0 saturated carbocycles. The molecule has 138 valence electrons. The number of nitrogens with one attached hydrogen (secondary N) is 3. The predicted octanol–water partition coefficient (Wildman–Crippen LogP) is 5.09. The van der Waals surface area contributed by atoms with Crippen LogP contribution in [0.4, 0.5) is 17.1 Å². The Morgan fingerprint density at radius 3 is 2.11 bits per heavy atom. The van der Waals surface area contributed by atoms with Crippen molar-refractivity contribution < 1.29 is 9.59 Å². The fraction of sp³-hybridized carbons (Fsp3) is 0.100. The van der Waals surface area contributed by atoms with Gasteiger partial charge in [0.25, 0.3) is 5.91 Å². The molecule has 3 N–H and O–H groups in total. The first-order valence-electron chi connectivity index (χ1n) is 8.29. The van der Waals surface area contributed by atoms with Gasteiger partial charge in [-0.3, -0.25) is 9.59 Å². The summed E-state index contributed by atoms with van der Waals surface area (Å²) in [4.78, 5) is 25.0. The molecule has 3 aromatic rings. The van der Waals surface area contributed by atoms with Crippen molar-refractivity contribution >= 4 is 51.8 Å². The first-order chi connectivity index (χ1) is 13.0. The molecule has 7 heteroatoms. The van der Waals surface area contributed by atoms with Crippen LogP contribution in [0.2, 0.25) is 5.02 Å². The summed E-state index contributed by atoms with van der Waals surface area (Å²) in [5, 5.41) is 11.3. The molecule has 0 saturated heterocycles. The molecular weight excluding hydrogens is 382 g/mol. The van der Waals surface area contributed by atoms with Crippen molar-refractivity contribution in [2.75, 3.05) is 16.0 Å². The van der Waals surface area contributed by atoms with E-state index in [9.17, 15) is 9.59 Å². The first kappa shape index (κ1) is 18.9. The Morgan fingerprint density at radius 2 is 1.48 bits per heavy atom. The zero-order chi connectivity index (χ0) is 19.2.